The smallest absolute Gasteiger partial charge is 0.311 e. The number of carbonyl (C=O) groups is 3. The molecule has 426 valence electrons. The van der Waals surface area contributed by atoms with Gasteiger partial charge in [-0.3, -0.25) is 14.4 Å². The van der Waals surface area contributed by atoms with Crippen LogP contribution in [0.2, 0.25) is 0 Å². The third-order valence-corrected chi connectivity index (χ3v) is 16.2. The maximum Gasteiger partial charge on any atom is 0.311 e. The molecule has 0 aliphatic carbocycles. The maximum absolute atomic E-state index is 14.5. The first kappa shape index (κ1) is 62.3. The number of carbonyl (C=O) groups excluding carboxylic acids is 3. The summed E-state index contributed by atoms with van der Waals surface area (Å²) in [6.07, 6.45) is -9.92. The molecule has 20 atom stereocenters. The van der Waals surface area contributed by atoms with Crippen molar-refractivity contribution in [2.24, 2.45) is 23.7 Å². The van der Waals surface area contributed by atoms with Crippen molar-refractivity contribution in [3.8, 4) is 5.69 Å². The van der Waals surface area contributed by atoms with Crippen LogP contribution in [0.25, 0.3) is 5.69 Å². The molecule has 1 aromatic carbocycles. The summed E-state index contributed by atoms with van der Waals surface area (Å²) in [5, 5.41) is 88.3. The van der Waals surface area contributed by atoms with Crippen molar-refractivity contribution in [2.75, 3.05) is 41.0 Å². The molecule has 75 heavy (non-hydrogen) atoms. The van der Waals surface area contributed by atoms with Gasteiger partial charge < -0.3 is 79.1 Å². The topological polar surface area (TPSA) is 303 Å². The molecule has 3 aliphatic heterocycles. The summed E-state index contributed by atoms with van der Waals surface area (Å²) in [5.74, 6) is -5.51. The molecule has 4 heterocycles. The number of methoxy groups -OCH3 is 2. The zero-order valence-electron chi connectivity index (χ0n) is 46.1. The highest BCUT2D eigenvalue weighted by Crippen LogP contribution is 2.42. The van der Waals surface area contributed by atoms with Crippen LogP contribution in [0.4, 0.5) is 0 Å². The van der Waals surface area contributed by atoms with E-state index in [4.69, 9.17) is 33.2 Å². The number of ether oxygens (including phenoxy) is 7. The second-order valence-corrected chi connectivity index (χ2v) is 21.9. The number of esters is 1. The minimum absolute atomic E-state index is 0.00568. The van der Waals surface area contributed by atoms with Gasteiger partial charge in [0.1, 0.15) is 35.8 Å². The lowest BCUT2D eigenvalue weighted by Gasteiger charge is -2.50. The van der Waals surface area contributed by atoms with Crippen LogP contribution in [0.5, 0.6) is 0 Å². The van der Waals surface area contributed by atoms with Crippen molar-refractivity contribution in [1.29, 1.82) is 0 Å². The number of rotatable bonds is 18. The number of nitrogens with zero attached hydrogens (tertiary/aromatic N) is 4. The first-order chi connectivity index (χ1) is 35.2. The fourth-order valence-corrected chi connectivity index (χ4v) is 11.2. The van der Waals surface area contributed by atoms with Crippen LogP contribution in [0.1, 0.15) is 119 Å². The molecular formula is C53H87N5O17. The summed E-state index contributed by atoms with van der Waals surface area (Å²) in [5.41, 5.74) is -2.84. The quantitative estimate of drug-likeness (QED) is 0.0982. The number of aromatic nitrogens is 3. The summed E-state index contributed by atoms with van der Waals surface area (Å²) in [4.78, 5) is 44.0. The Bertz CT molecular complexity index is 2150. The minimum atomic E-state index is -2.04. The largest absolute Gasteiger partial charge is 0.459 e. The monoisotopic (exact) mass is 1070 g/mol. The van der Waals surface area contributed by atoms with Crippen LogP contribution in [0.3, 0.4) is 0 Å². The van der Waals surface area contributed by atoms with E-state index in [-0.39, 0.29) is 44.6 Å². The Balaban J connectivity index is 1.40. The first-order valence-electron chi connectivity index (χ1n) is 26.3. The number of ketones is 1. The number of nitrogens with one attached hydrogen (secondary N) is 1. The Morgan fingerprint density at radius 2 is 1.59 bits per heavy atom. The highest BCUT2D eigenvalue weighted by atomic mass is 16.7. The molecule has 3 aliphatic rings. The van der Waals surface area contributed by atoms with Crippen molar-refractivity contribution in [3.05, 3.63) is 41.7 Å². The van der Waals surface area contributed by atoms with Gasteiger partial charge in [0, 0.05) is 70.4 Å². The van der Waals surface area contributed by atoms with Crippen LogP contribution in [-0.4, -0.2) is 205 Å². The summed E-state index contributed by atoms with van der Waals surface area (Å²) >= 11 is 0. The van der Waals surface area contributed by atoms with Gasteiger partial charge in [0.05, 0.1) is 77.9 Å². The van der Waals surface area contributed by atoms with Gasteiger partial charge in [-0.25, -0.2) is 4.68 Å². The number of amides is 1. The number of Topliss-reactive ketones (excluding diaryl/α,β-unsaturated/α-hetero) is 1. The molecule has 5 rings (SSSR count). The van der Waals surface area contributed by atoms with Crippen LogP contribution in [0.15, 0.2) is 30.5 Å². The number of aliphatic hydroxyl groups is 7. The molecule has 2 aromatic rings. The molecule has 1 amide bonds. The lowest BCUT2D eigenvalue weighted by atomic mass is 9.74. The van der Waals surface area contributed by atoms with Crippen molar-refractivity contribution < 1.29 is 83.3 Å². The van der Waals surface area contributed by atoms with E-state index in [0.717, 1.165) is 0 Å². The highest BCUT2D eigenvalue weighted by Gasteiger charge is 2.54. The normalized spacial score (nSPS) is 38.4. The van der Waals surface area contributed by atoms with E-state index in [1.54, 1.807) is 86.0 Å². The summed E-state index contributed by atoms with van der Waals surface area (Å²) in [6.45, 7) is 16.1. The van der Waals surface area contributed by atoms with E-state index < -0.39 is 139 Å². The number of benzene rings is 1. The molecule has 8 N–H and O–H groups in total. The SMILES string of the molecule is CC[C@H]1OC(=O)[C@H](C)[C@@H](O[C@H]2CC(C)(OC)[C@@H](O)[C@H](C)O2)[C@H](C)[C@@H](O[C@@H]2O[C@H](C)C[C@H](N(C)CCC(=O)NC(CO)C(O)c3ccc(-n4cc(CCO)nn4)cc3)[C@H]2O)C(C)(OC)C[C@@H](C)C(=O)[C@H](C)[C@@H](O)C1(C)O. The fraction of sp³-hybridized carbons (Fsp3) is 0.792. The summed E-state index contributed by atoms with van der Waals surface area (Å²) < 4.78 is 46.0. The molecule has 3 fully saturated rings. The zero-order chi connectivity index (χ0) is 55.9. The average molecular weight is 1070 g/mol. The Kier molecular flexibility index (Phi) is 21.9. The second-order valence-electron chi connectivity index (χ2n) is 21.9. The van der Waals surface area contributed by atoms with Crippen molar-refractivity contribution in [2.45, 2.75) is 204 Å². The molecule has 0 spiro atoms. The van der Waals surface area contributed by atoms with E-state index in [2.05, 4.69) is 15.6 Å². The minimum Gasteiger partial charge on any atom is -0.459 e. The molecular weight excluding hydrogens is 979 g/mol. The van der Waals surface area contributed by atoms with E-state index in [9.17, 15) is 50.1 Å². The molecule has 0 bridgehead atoms. The second kappa shape index (κ2) is 26.4. The molecule has 0 radical (unpaired) electrons. The van der Waals surface area contributed by atoms with Gasteiger partial charge in [-0.05, 0) is 85.5 Å². The lowest BCUT2D eigenvalue weighted by molar-refractivity contribution is -0.319. The van der Waals surface area contributed by atoms with Crippen LogP contribution in [-0.2, 0) is 54.0 Å². The number of aliphatic hydroxyl groups excluding tert-OH is 6. The molecule has 3 saturated heterocycles. The first-order valence-corrected chi connectivity index (χ1v) is 26.3. The fourth-order valence-electron chi connectivity index (χ4n) is 11.2. The average Bonchev–Trinajstić information content (AvgIpc) is 3.86. The predicted octanol–water partition coefficient (Wildman–Crippen LogP) is 1.53. The molecule has 5 unspecified atom stereocenters. The van der Waals surface area contributed by atoms with Crippen molar-refractivity contribution in [3.63, 3.8) is 0 Å². The van der Waals surface area contributed by atoms with Crippen molar-refractivity contribution in [1.82, 2.24) is 25.2 Å². The van der Waals surface area contributed by atoms with Gasteiger partial charge in [0.2, 0.25) is 5.91 Å². The van der Waals surface area contributed by atoms with Gasteiger partial charge in [-0.15, -0.1) is 5.10 Å². The Morgan fingerprint density at radius 3 is 2.19 bits per heavy atom. The molecule has 0 saturated carbocycles. The summed E-state index contributed by atoms with van der Waals surface area (Å²) in [6, 6.07) is 5.05. The van der Waals surface area contributed by atoms with E-state index in [1.807, 2.05) is 11.8 Å². The Morgan fingerprint density at radius 1 is 0.933 bits per heavy atom. The number of likely N-dealkylation sites (N-methyl/N-ethyl adjacent to an activating group) is 1. The van der Waals surface area contributed by atoms with Gasteiger partial charge in [0.15, 0.2) is 12.6 Å². The highest BCUT2D eigenvalue weighted by molar-refractivity contribution is 5.83. The maximum atomic E-state index is 14.5. The Labute approximate surface area is 441 Å². The van der Waals surface area contributed by atoms with E-state index >= 15 is 0 Å². The van der Waals surface area contributed by atoms with Gasteiger partial charge in [-0.2, -0.15) is 0 Å². The Hall–Kier alpha value is -3.59. The van der Waals surface area contributed by atoms with Crippen LogP contribution < -0.4 is 5.32 Å². The number of cyclic esters (lactones) is 1. The summed E-state index contributed by atoms with van der Waals surface area (Å²) in [7, 11) is 4.68. The number of hydrogen-bond donors (Lipinski definition) is 8. The third kappa shape index (κ3) is 14.4. The van der Waals surface area contributed by atoms with E-state index in [1.165, 1.54) is 32.7 Å². The molecule has 22 nitrogen and oxygen atoms in total. The molecule has 1 aromatic heterocycles. The van der Waals surface area contributed by atoms with Crippen LogP contribution in [0, 0.1) is 23.7 Å². The predicted molar refractivity (Wildman–Crippen MR) is 271 cm³/mol. The van der Waals surface area contributed by atoms with Gasteiger partial charge in [-0.1, -0.05) is 45.0 Å². The molecule has 22 heteroatoms. The lowest BCUT2D eigenvalue weighted by Crippen LogP contribution is -2.61. The van der Waals surface area contributed by atoms with E-state index in [0.29, 0.717) is 29.8 Å². The zero-order valence-corrected chi connectivity index (χ0v) is 46.1. The van der Waals surface area contributed by atoms with Crippen molar-refractivity contribution >= 4 is 17.7 Å². The van der Waals surface area contributed by atoms with Crippen LogP contribution >= 0.6 is 0 Å². The third-order valence-electron chi connectivity index (χ3n) is 16.2. The number of hydrogen-bond acceptors (Lipinski definition) is 20. The van der Waals surface area contributed by atoms with Gasteiger partial charge >= 0.3 is 5.97 Å². The standard InChI is InChI=1S/C53H87N5O17/c1-14-39-53(10,68)46(65)30(4)42(62)28(2)24-52(9,70-13)48(31(5)45(32(6)49(67)73-39)74-41-25-51(8,69-12)47(66)33(7)72-41)75-50-44(64)38(23-29(3)71-50)57(11)21-19-40(61)54-37(27-60)43(63)34-15-17-36(18-16-34)58-26-35(20-22-59)55-56-58/h15-18,26,28-33,37-39,41,43-48,50,59-60,63-66,68H,14,19-25,27H2,1-13H3,(H,54,61)/t28-,29-,30+,31+,32-,33+,37?,38+,39-,41+,43?,44-,45+,46-,47+,48-,50+,51?,52?,53?/m1/s1. The van der Waals surface area contributed by atoms with Gasteiger partial charge in [0.25, 0.3) is 0 Å².